The molecule has 0 amide bonds. The zero-order chi connectivity index (χ0) is 13.6. The fourth-order valence-corrected chi connectivity index (χ4v) is 4.64. The third kappa shape index (κ3) is 4.37. The summed E-state index contributed by atoms with van der Waals surface area (Å²) in [6, 6.07) is 0. The van der Waals surface area contributed by atoms with Crippen LogP contribution < -0.4 is 0 Å². The molecule has 0 radical (unpaired) electrons. The molecule has 0 saturated heterocycles. The molecule has 18 heavy (non-hydrogen) atoms. The Labute approximate surface area is 117 Å². The molecule has 0 aromatic carbocycles. The molecular weight excluding hydrogens is 290 g/mol. The van der Waals surface area contributed by atoms with Gasteiger partial charge in [0.2, 0.25) is 15.9 Å². The van der Waals surface area contributed by atoms with Crippen LogP contribution in [0, 0.1) is 3.95 Å². The van der Waals surface area contributed by atoms with Gasteiger partial charge in [0.1, 0.15) is 0 Å². The molecule has 1 N–H and O–H groups in total. The number of aromatic nitrogens is 1. The molecule has 1 aromatic heterocycles. The normalized spacial score (nSPS) is 11.8. The van der Waals surface area contributed by atoms with Gasteiger partial charge >= 0.3 is 0 Å². The molecule has 7 heteroatoms. The second-order valence-electron chi connectivity index (χ2n) is 4.21. The van der Waals surface area contributed by atoms with E-state index in [9.17, 15) is 13.5 Å². The molecule has 1 rings (SSSR count). The summed E-state index contributed by atoms with van der Waals surface area (Å²) in [6.45, 7) is 2.14. The minimum Gasteiger partial charge on any atom is -0.493 e. The van der Waals surface area contributed by atoms with E-state index < -0.39 is 10.0 Å². The Bertz CT molecular complexity index is 516. The highest BCUT2D eigenvalue weighted by molar-refractivity contribution is 7.90. The van der Waals surface area contributed by atoms with Crippen LogP contribution in [-0.4, -0.2) is 23.2 Å². The van der Waals surface area contributed by atoms with Crippen LogP contribution in [0.25, 0.3) is 0 Å². The number of hydrogen-bond donors (Lipinski definition) is 1. The number of aromatic hydroxyl groups is 1. The average Bonchev–Trinajstić information content (AvgIpc) is 2.64. The molecule has 1 aromatic rings. The van der Waals surface area contributed by atoms with E-state index in [4.69, 9.17) is 12.2 Å². The first-order valence-corrected chi connectivity index (χ1v) is 9.01. The second kappa shape index (κ2) is 7.25. The molecule has 0 aliphatic carbocycles. The Morgan fingerprint density at radius 2 is 1.89 bits per heavy atom. The maximum atomic E-state index is 12.0. The predicted octanol–water partition coefficient (Wildman–Crippen LogP) is 3.52. The van der Waals surface area contributed by atoms with E-state index in [2.05, 4.69) is 6.92 Å². The fourth-order valence-electron chi connectivity index (χ4n) is 1.70. The van der Waals surface area contributed by atoms with Gasteiger partial charge in [0.15, 0.2) is 3.95 Å². The van der Waals surface area contributed by atoms with Crippen molar-refractivity contribution in [2.75, 3.05) is 5.75 Å². The number of nitrogens with zero attached hydrogens (tertiary/aromatic N) is 1. The van der Waals surface area contributed by atoms with Crippen molar-refractivity contribution < 1.29 is 13.5 Å². The van der Waals surface area contributed by atoms with Gasteiger partial charge in [-0.2, -0.15) is 3.97 Å². The van der Waals surface area contributed by atoms with Crippen molar-refractivity contribution in [1.82, 2.24) is 3.97 Å². The summed E-state index contributed by atoms with van der Waals surface area (Å²) in [5.74, 6) is -0.242. The van der Waals surface area contributed by atoms with Gasteiger partial charge in [-0.3, -0.25) is 0 Å². The first-order chi connectivity index (χ1) is 8.49. The van der Waals surface area contributed by atoms with Crippen LogP contribution in [0.4, 0.5) is 0 Å². The topological polar surface area (TPSA) is 59.3 Å². The smallest absolute Gasteiger partial charge is 0.243 e. The molecule has 0 fully saturated rings. The molecule has 0 saturated carbocycles. The van der Waals surface area contributed by atoms with Crippen molar-refractivity contribution in [2.24, 2.45) is 0 Å². The molecule has 4 nitrogen and oxygen atoms in total. The lowest BCUT2D eigenvalue weighted by Crippen LogP contribution is -2.16. The monoisotopic (exact) mass is 309 g/mol. The third-order valence-corrected chi connectivity index (χ3v) is 5.82. The molecule has 0 atom stereocenters. The highest BCUT2D eigenvalue weighted by Gasteiger charge is 2.18. The van der Waals surface area contributed by atoms with Gasteiger partial charge < -0.3 is 5.11 Å². The van der Waals surface area contributed by atoms with E-state index in [1.54, 1.807) is 0 Å². The van der Waals surface area contributed by atoms with Crippen LogP contribution in [0.15, 0.2) is 5.38 Å². The average molecular weight is 309 g/mol. The Hall–Kier alpha value is -0.400. The summed E-state index contributed by atoms with van der Waals surface area (Å²) in [5.41, 5.74) is 0. The predicted molar refractivity (Wildman–Crippen MR) is 77.4 cm³/mol. The minimum absolute atomic E-state index is 0.0394. The lowest BCUT2D eigenvalue weighted by molar-refractivity contribution is 0.444. The first-order valence-electron chi connectivity index (χ1n) is 6.12. The lowest BCUT2D eigenvalue weighted by Gasteiger charge is -2.06. The number of hydrogen-bond acceptors (Lipinski definition) is 5. The van der Waals surface area contributed by atoms with E-state index in [1.807, 2.05) is 0 Å². The summed E-state index contributed by atoms with van der Waals surface area (Å²) < 4.78 is 25.0. The summed E-state index contributed by atoms with van der Waals surface area (Å²) >= 11 is 5.96. The SMILES string of the molecule is CCCCCCCCS(=O)(=O)n1c(O)csc1=S. The quantitative estimate of drug-likeness (QED) is 0.589. The molecule has 1 heterocycles. The number of thiazole rings is 1. The summed E-state index contributed by atoms with van der Waals surface area (Å²) in [7, 11) is -3.50. The summed E-state index contributed by atoms with van der Waals surface area (Å²) in [4.78, 5) is 0. The van der Waals surface area contributed by atoms with Gasteiger partial charge in [-0.25, -0.2) is 8.42 Å². The zero-order valence-corrected chi connectivity index (χ0v) is 12.9. The molecule has 0 aliphatic heterocycles. The van der Waals surface area contributed by atoms with E-state index in [-0.39, 0.29) is 15.6 Å². The Morgan fingerprint density at radius 3 is 2.44 bits per heavy atom. The van der Waals surface area contributed by atoms with Gasteiger partial charge in [-0.15, -0.1) is 11.3 Å². The van der Waals surface area contributed by atoms with Crippen LogP contribution in [0.1, 0.15) is 45.4 Å². The first kappa shape index (κ1) is 15.7. The maximum absolute atomic E-state index is 12.0. The molecule has 104 valence electrons. The highest BCUT2D eigenvalue weighted by Crippen LogP contribution is 2.20. The van der Waals surface area contributed by atoms with Crippen LogP contribution >= 0.6 is 23.6 Å². The number of rotatable bonds is 8. The van der Waals surface area contributed by atoms with Gasteiger partial charge in [-0.1, -0.05) is 39.0 Å². The summed E-state index contributed by atoms with van der Waals surface area (Å²) in [6.07, 6.45) is 6.10. The summed E-state index contributed by atoms with van der Waals surface area (Å²) in [5, 5.41) is 10.8. The van der Waals surface area contributed by atoms with Crippen molar-refractivity contribution >= 4 is 33.6 Å². The standard InChI is InChI=1S/C11H19NO3S3/c1-2-3-4-5-6-7-8-18(14,15)12-10(13)9-17-11(12)16/h9,13H,2-8H2,1H3. The van der Waals surface area contributed by atoms with Gasteiger partial charge in [0.05, 0.1) is 11.1 Å². The molecular formula is C11H19NO3S3. The van der Waals surface area contributed by atoms with Crippen molar-refractivity contribution in [1.29, 1.82) is 0 Å². The van der Waals surface area contributed by atoms with Crippen LogP contribution in [0.3, 0.4) is 0 Å². The van der Waals surface area contributed by atoms with Crippen molar-refractivity contribution in [3.05, 3.63) is 9.33 Å². The van der Waals surface area contributed by atoms with Gasteiger partial charge in [-0.05, 0) is 18.6 Å². The van der Waals surface area contributed by atoms with Gasteiger partial charge in [0, 0.05) is 0 Å². The van der Waals surface area contributed by atoms with Crippen LogP contribution in [0.5, 0.6) is 5.88 Å². The third-order valence-electron chi connectivity index (χ3n) is 2.67. The molecule has 0 unspecified atom stereocenters. The lowest BCUT2D eigenvalue weighted by atomic mass is 10.1. The minimum atomic E-state index is -3.50. The van der Waals surface area contributed by atoms with Crippen LogP contribution in [-0.2, 0) is 10.0 Å². The van der Waals surface area contributed by atoms with E-state index in [1.165, 1.54) is 18.2 Å². The van der Waals surface area contributed by atoms with Crippen LogP contribution in [0.2, 0.25) is 0 Å². The molecule has 0 spiro atoms. The Morgan fingerprint density at radius 1 is 1.28 bits per heavy atom. The van der Waals surface area contributed by atoms with Crippen molar-refractivity contribution in [2.45, 2.75) is 45.4 Å². The van der Waals surface area contributed by atoms with Crippen molar-refractivity contribution in [3.8, 4) is 5.88 Å². The highest BCUT2D eigenvalue weighted by atomic mass is 32.2. The fraction of sp³-hybridized carbons (Fsp3) is 0.727. The van der Waals surface area contributed by atoms with Crippen molar-refractivity contribution in [3.63, 3.8) is 0 Å². The second-order valence-corrected chi connectivity index (χ2v) is 7.65. The molecule has 0 bridgehead atoms. The Balaban J connectivity index is 2.49. The number of unbranched alkanes of at least 4 members (excludes halogenated alkanes) is 5. The maximum Gasteiger partial charge on any atom is 0.243 e. The van der Waals surface area contributed by atoms with E-state index >= 15 is 0 Å². The van der Waals surface area contributed by atoms with E-state index in [0.717, 1.165) is 34.6 Å². The molecule has 0 aliphatic rings. The van der Waals surface area contributed by atoms with Gasteiger partial charge in [0.25, 0.3) is 0 Å². The Kier molecular flexibility index (Phi) is 6.31. The zero-order valence-electron chi connectivity index (χ0n) is 10.5. The largest absolute Gasteiger partial charge is 0.493 e. The van der Waals surface area contributed by atoms with E-state index in [0.29, 0.717) is 6.42 Å².